The zero-order valence-corrected chi connectivity index (χ0v) is 18.4. The molecule has 4 aromatic rings. The Kier molecular flexibility index (Phi) is 4.64. The van der Waals surface area contributed by atoms with E-state index < -0.39 is 0 Å². The zero-order valence-electron chi connectivity index (χ0n) is 16.0. The molecule has 29 heavy (non-hydrogen) atoms. The lowest BCUT2D eigenvalue weighted by atomic mass is 9.98. The molecule has 148 valence electrons. The summed E-state index contributed by atoms with van der Waals surface area (Å²) in [5, 5.41) is 13.2. The van der Waals surface area contributed by atoms with E-state index in [1.54, 1.807) is 0 Å². The van der Waals surface area contributed by atoms with Gasteiger partial charge in [-0.2, -0.15) is 0 Å². The van der Waals surface area contributed by atoms with Crippen LogP contribution in [0.5, 0.6) is 0 Å². The molecule has 0 fully saturated rings. The minimum atomic E-state index is 0.286. The predicted octanol–water partition coefficient (Wildman–Crippen LogP) is 5.95. The highest BCUT2D eigenvalue weighted by molar-refractivity contribution is 7.15. The number of fused-ring (bicyclic) bond motifs is 2. The maximum atomic E-state index is 6.14. The van der Waals surface area contributed by atoms with Crippen molar-refractivity contribution in [3.8, 4) is 10.8 Å². The maximum absolute atomic E-state index is 6.14. The van der Waals surface area contributed by atoms with E-state index in [9.17, 15) is 0 Å². The summed E-state index contributed by atoms with van der Waals surface area (Å²) in [7, 11) is 0. The van der Waals surface area contributed by atoms with Gasteiger partial charge in [0.05, 0.1) is 17.5 Å². The molecule has 0 spiro atoms. The summed E-state index contributed by atoms with van der Waals surface area (Å²) in [5.74, 6) is 1.40. The van der Waals surface area contributed by atoms with Crippen molar-refractivity contribution in [1.82, 2.24) is 15.1 Å². The normalized spacial score (nSPS) is 19.2. The van der Waals surface area contributed by atoms with E-state index in [-0.39, 0.29) is 6.04 Å². The second-order valence-corrected chi connectivity index (χ2v) is 10.8. The molecule has 1 aliphatic carbocycles. The number of thiophene rings is 3. The second-order valence-electron chi connectivity index (χ2n) is 7.70. The van der Waals surface area contributed by atoms with Gasteiger partial charge < -0.3 is 4.42 Å². The number of nitrogens with zero attached hydrogens (tertiary/aromatic N) is 3. The summed E-state index contributed by atoms with van der Waals surface area (Å²) in [6, 6.07) is 9.22. The number of hydrogen-bond acceptors (Lipinski definition) is 7. The summed E-state index contributed by atoms with van der Waals surface area (Å²) in [5.41, 5.74) is 2.92. The molecule has 2 aliphatic rings. The molecule has 5 heterocycles. The van der Waals surface area contributed by atoms with E-state index in [0.717, 1.165) is 17.8 Å². The van der Waals surface area contributed by atoms with E-state index >= 15 is 0 Å². The first-order chi connectivity index (χ1) is 14.3. The molecule has 0 bridgehead atoms. The van der Waals surface area contributed by atoms with Gasteiger partial charge in [-0.25, -0.2) is 0 Å². The lowest BCUT2D eigenvalue weighted by Gasteiger charge is -2.34. The van der Waals surface area contributed by atoms with Crippen molar-refractivity contribution >= 4 is 34.0 Å². The molecule has 0 saturated carbocycles. The molecule has 0 N–H and O–H groups in total. The molecule has 1 unspecified atom stereocenters. The topological polar surface area (TPSA) is 42.2 Å². The number of hydrogen-bond donors (Lipinski definition) is 0. The van der Waals surface area contributed by atoms with Crippen LogP contribution in [0, 0.1) is 0 Å². The van der Waals surface area contributed by atoms with Crippen LogP contribution in [0.4, 0.5) is 0 Å². The molecule has 1 aliphatic heterocycles. The highest BCUT2D eigenvalue weighted by Crippen LogP contribution is 2.40. The molecule has 0 radical (unpaired) electrons. The van der Waals surface area contributed by atoms with E-state index in [2.05, 4.69) is 50.1 Å². The van der Waals surface area contributed by atoms with Gasteiger partial charge in [-0.15, -0.1) is 44.2 Å². The van der Waals surface area contributed by atoms with Crippen LogP contribution in [0.25, 0.3) is 10.8 Å². The Hall–Kier alpha value is -1.80. The molecule has 6 rings (SSSR count). The Morgan fingerprint density at radius 3 is 2.90 bits per heavy atom. The minimum absolute atomic E-state index is 0.286. The van der Waals surface area contributed by atoms with Gasteiger partial charge >= 0.3 is 0 Å². The van der Waals surface area contributed by atoms with Gasteiger partial charge in [-0.05, 0) is 72.2 Å². The Bertz CT molecular complexity index is 1100. The molecule has 1 atom stereocenters. The first-order valence-corrected chi connectivity index (χ1v) is 12.7. The fraction of sp³-hybridized carbons (Fsp3) is 0.364. The van der Waals surface area contributed by atoms with Crippen molar-refractivity contribution in [2.45, 2.75) is 44.7 Å². The molecule has 7 heteroatoms. The third-order valence-corrected chi connectivity index (χ3v) is 9.04. The van der Waals surface area contributed by atoms with Crippen molar-refractivity contribution in [2.75, 3.05) is 6.54 Å². The Morgan fingerprint density at radius 2 is 2.00 bits per heavy atom. The van der Waals surface area contributed by atoms with Crippen LogP contribution in [-0.2, 0) is 25.8 Å². The van der Waals surface area contributed by atoms with Gasteiger partial charge in [-0.1, -0.05) is 6.07 Å². The highest BCUT2D eigenvalue weighted by Gasteiger charge is 2.31. The molecule has 4 nitrogen and oxygen atoms in total. The van der Waals surface area contributed by atoms with Gasteiger partial charge in [0.1, 0.15) is 0 Å². The fourth-order valence-electron chi connectivity index (χ4n) is 4.51. The van der Waals surface area contributed by atoms with Crippen LogP contribution in [0.2, 0.25) is 0 Å². The van der Waals surface area contributed by atoms with Crippen LogP contribution < -0.4 is 0 Å². The smallest absolute Gasteiger partial charge is 0.257 e. The molecule has 4 aromatic heterocycles. The molecule has 0 amide bonds. The van der Waals surface area contributed by atoms with Crippen molar-refractivity contribution in [2.24, 2.45) is 0 Å². The number of rotatable bonds is 4. The zero-order chi connectivity index (χ0) is 19.2. The summed E-state index contributed by atoms with van der Waals surface area (Å²) < 4.78 is 6.14. The average Bonchev–Trinajstić information content (AvgIpc) is 3.53. The monoisotopic (exact) mass is 439 g/mol. The predicted molar refractivity (Wildman–Crippen MR) is 119 cm³/mol. The summed E-state index contributed by atoms with van der Waals surface area (Å²) >= 11 is 5.53. The molecular weight excluding hydrogens is 418 g/mol. The van der Waals surface area contributed by atoms with Crippen molar-refractivity contribution < 1.29 is 4.42 Å². The average molecular weight is 440 g/mol. The SMILES string of the molecule is c1csc(C2c3ccsc3CCN2Cc2nnc(-c3cc4c(s3)CCCC4)o2)c1. The third-order valence-electron chi connectivity index (χ3n) is 5.89. The highest BCUT2D eigenvalue weighted by atomic mass is 32.1. The first-order valence-electron chi connectivity index (χ1n) is 10.1. The first kappa shape index (κ1) is 18.0. The van der Waals surface area contributed by atoms with Gasteiger partial charge in [-0.3, -0.25) is 4.90 Å². The second kappa shape index (κ2) is 7.47. The fourth-order valence-corrected chi connectivity index (χ4v) is 7.46. The Balaban J connectivity index is 1.27. The van der Waals surface area contributed by atoms with Crippen molar-refractivity contribution in [1.29, 1.82) is 0 Å². The molecule has 0 saturated heterocycles. The Labute approximate surface area is 181 Å². The van der Waals surface area contributed by atoms with Gasteiger partial charge in [0.25, 0.3) is 5.89 Å². The Morgan fingerprint density at radius 1 is 1.03 bits per heavy atom. The summed E-state index contributed by atoms with van der Waals surface area (Å²) in [4.78, 5) is 8.01. The lowest BCUT2D eigenvalue weighted by Crippen LogP contribution is -2.34. The van der Waals surface area contributed by atoms with E-state index in [4.69, 9.17) is 4.42 Å². The van der Waals surface area contributed by atoms with Crippen LogP contribution in [-0.4, -0.2) is 21.6 Å². The molecule has 0 aromatic carbocycles. The van der Waals surface area contributed by atoms with E-state index in [1.807, 2.05) is 34.0 Å². The van der Waals surface area contributed by atoms with Crippen LogP contribution in [0.1, 0.15) is 50.5 Å². The van der Waals surface area contributed by atoms with Crippen molar-refractivity contribution in [3.05, 3.63) is 66.7 Å². The van der Waals surface area contributed by atoms with E-state index in [1.165, 1.54) is 51.4 Å². The standard InChI is InChI=1S/C22H21N3OS3/c1-2-5-16-14(4-1)12-19(29-16)22-24-23-20(26-22)13-25-9-7-17-15(8-11-28-17)21(25)18-6-3-10-27-18/h3,6,8,10-12,21H,1-2,4-5,7,9,13H2. The maximum Gasteiger partial charge on any atom is 0.257 e. The van der Waals surface area contributed by atoms with E-state index in [0.29, 0.717) is 18.3 Å². The largest absolute Gasteiger partial charge is 0.419 e. The molecular formula is C22H21N3OS3. The number of aromatic nitrogens is 2. The van der Waals surface area contributed by atoms with Crippen LogP contribution in [0.15, 0.2) is 39.4 Å². The summed E-state index contributed by atoms with van der Waals surface area (Å²) in [6.07, 6.45) is 6.06. The number of aryl methyl sites for hydroxylation is 2. The minimum Gasteiger partial charge on any atom is -0.419 e. The summed E-state index contributed by atoms with van der Waals surface area (Å²) in [6.45, 7) is 1.71. The van der Waals surface area contributed by atoms with Crippen LogP contribution in [0.3, 0.4) is 0 Å². The lowest BCUT2D eigenvalue weighted by molar-refractivity contribution is 0.189. The van der Waals surface area contributed by atoms with Gasteiger partial charge in [0, 0.05) is 21.2 Å². The quantitative estimate of drug-likeness (QED) is 0.394. The third kappa shape index (κ3) is 3.30. The van der Waals surface area contributed by atoms with Crippen LogP contribution >= 0.6 is 34.0 Å². The van der Waals surface area contributed by atoms with Gasteiger partial charge in [0.15, 0.2) is 0 Å². The van der Waals surface area contributed by atoms with Gasteiger partial charge in [0.2, 0.25) is 5.89 Å². The van der Waals surface area contributed by atoms with Crippen molar-refractivity contribution in [3.63, 3.8) is 0 Å².